The van der Waals surface area contributed by atoms with Gasteiger partial charge in [0.15, 0.2) is 0 Å². The first-order valence-electron chi connectivity index (χ1n) is 13.7. The van der Waals surface area contributed by atoms with Crippen LogP contribution in [0.4, 0.5) is 0 Å². The van der Waals surface area contributed by atoms with Gasteiger partial charge < -0.3 is 0 Å². The highest BCUT2D eigenvalue weighted by molar-refractivity contribution is 5.81. The van der Waals surface area contributed by atoms with Gasteiger partial charge in [-0.3, -0.25) is 0 Å². The molecule has 0 nitrogen and oxygen atoms in total. The molecule has 0 heterocycles. The molecule has 2 aromatic rings. The van der Waals surface area contributed by atoms with Crippen LogP contribution in [0.15, 0.2) is 30.3 Å². The predicted molar refractivity (Wildman–Crippen MR) is 132 cm³/mol. The molecule has 0 amide bonds. The number of hydrogen-bond donors (Lipinski definition) is 0. The van der Waals surface area contributed by atoms with E-state index in [1.54, 1.807) is 38.9 Å². The fourth-order valence-corrected chi connectivity index (χ4v) is 7.50. The second kappa shape index (κ2) is 8.76. The zero-order chi connectivity index (χ0) is 20.6. The third kappa shape index (κ3) is 3.90. The first-order valence-corrected chi connectivity index (χ1v) is 13.7. The van der Waals surface area contributed by atoms with E-state index >= 15 is 0 Å². The molecule has 0 saturated heterocycles. The summed E-state index contributed by atoms with van der Waals surface area (Å²) in [6, 6.07) is 13.0. The van der Waals surface area contributed by atoms with Crippen LogP contribution in [0.25, 0.3) is 11.1 Å². The molecular formula is C31H40. The molecule has 0 N–H and O–H groups in total. The summed E-state index contributed by atoms with van der Waals surface area (Å²) in [6.07, 6.45) is 22.6. The molecule has 4 aliphatic carbocycles. The molecule has 0 heteroatoms. The van der Waals surface area contributed by atoms with Crippen molar-refractivity contribution in [2.24, 2.45) is 0 Å². The van der Waals surface area contributed by atoms with Crippen LogP contribution in [0.2, 0.25) is 0 Å². The van der Waals surface area contributed by atoms with E-state index in [4.69, 9.17) is 0 Å². The summed E-state index contributed by atoms with van der Waals surface area (Å²) in [5, 5.41) is 0. The smallest absolute Gasteiger partial charge is 0.00132 e. The molecule has 0 aliphatic heterocycles. The third-order valence-electron chi connectivity index (χ3n) is 9.26. The molecule has 2 aromatic carbocycles. The molecular weight excluding hydrogens is 372 g/mol. The summed E-state index contributed by atoms with van der Waals surface area (Å²) in [5.41, 5.74) is 11.6. The van der Waals surface area contributed by atoms with Crippen molar-refractivity contribution in [1.29, 1.82) is 0 Å². The first kappa shape index (κ1) is 20.1. The fraction of sp³-hybridized carbons (Fsp3) is 0.613. The highest BCUT2D eigenvalue weighted by atomic mass is 14.3. The van der Waals surface area contributed by atoms with Crippen molar-refractivity contribution >= 4 is 0 Å². The van der Waals surface area contributed by atoms with Crippen LogP contribution in [0.3, 0.4) is 0 Å². The van der Waals surface area contributed by atoms with Gasteiger partial charge in [-0.25, -0.2) is 0 Å². The van der Waals surface area contributed by atoms with E-state index in [2.05, 4.69) is 30.3 Å². The predicted octanol–water partition coefficient (Wildman–Crippen LogP) is 9.40. The van der Waals surface area contributed by atoms with Crippen molar-refractivity contribution in [3.05, 3.63) is 58.1 Å². The van der Waals surface area contributed by atoms with Crippen LogP contribution in [-0.4, -0.2) is 0 Å². The summed E-state index contributed by atoms with van der Waals surface area (Å²) in [4.78, 5) is 0. The van der Waals surface area contributed by atoms with E-state index in [-0.39, 0.29) is 0 Å². The molecule has 0 spiro atoms. The molecule has 164 valence electrons. The van der Waals surface area contributed by atoms with Crippen LogP contribution in [0, 0.1) is 0 Å². The van der Waals surface area contributed by atoms with Crippen molar-refractivity contribution < 1.29 is 0 Å². The molecule has 0 radical (unpaired) electrons. The highest BCUT2D eigenvalue weighted by Gasteiger charge is 2.29. The molecule has 4 aliphatic rings. The Bertz CT molecular complexity index is 917. The standard InChI is InChI=1S/C31H40/c1-4-10-22(11-5-1)25-16-17-26-18-28-19-27(23-12-6-2-7-13-23)21-29(31(28)30(26)20-25)24-14-8-3-9-15-24/h16-17,19-24H,1-15,18H2. The summed E-state index contributed by atoms with van der Waals surface area (Å²) >= 11 is 0. The zero-order valence-corrected chi connectivity index (χ0v) is 19.4. The quantitative estimate of drug-likeness (QED) is 0.402. The van der Waals surface area contributed by atoms with Crippen LogP contribution < -0.4 is 0 Å². The average Bonchev–Trinajstić information content (AvgIpc) is 3.23. The Morgan fingerprint density at radius 3 is 1.71 bits per heavy atom. The van der Waals surface area contributed by atoms with Crippen LogP contribution in [0.5, 0.6) is 0 Å². The maximum absolute atomic E-state index is 2.72. The Morgan fingerprint density at radius 1 is 0.484 bits per heavy atom. The fourth-order valence-electron chi connectivity index (χ4n) is 7.50. The molecule has 6 rings (SSSR count). The maximum atomic E-state index is 2.72. The summed E-state index contributed by atoms with van der Waals surface area (Å²) in [6.45, 7) is 0. The van der Waals surface area contributed by atoms with Crippen molar-refractivity contribution in [3.63, 3.8) is 0 Å². The lowest BCUT2D eigenvalue weighted by Crippen LogP contribution is -2.10. The number of benzene rings is 2. The lowest BCUT2D eigenvalue weighted by atomic mass is 9.76. The summed E-state index contributed by atoms with van der Waals surface area (Å²) in [5.74, 6) is 2.43. The molecule has 3 saturated carbocycles. The Balaban J connectivity index is 1.42. The number of hydrogen-bond acceptors (Lipinski definition) is 0. The van der Waals surface area contributed by atoms with Gasteiger partial charge >= 0.3 is 0 Å². The van der Waals surface area contributed by atoms with Gasteiger partial charge in [0, 0.05) is 0 Å². The lowest BCUT2D eigenvalue weighted by molar-refractivity contribution is 0.435. The van der Waals surface area contributed by atoms with Crippen LogP contribution in [-0.2, 0) is 6.42 Å². The molecule has 3 fully saturated rings. The second-order valence-corrected chi connectivity index (χ2v) is 11.2. The Kier molecular flexibility index (Phi) is 5.67. The van der Waals surface area contributed by atoms with Crippen molar-refractivity contribution in [3.8, 4) is 11.1 Å². The SMILES string of the molecule is c1cc2c(cc1C1CCCCC1)-c1c(cc(C3CCCCC3)cc1C1CCCCC1)C2. The van der Waals surface area contributed by atoms with Gasteiger partial charge in [0.25, 0.3) is 0 Å². The van der Waals surface area contributed by atoms with E-state index in [1.807, 2.05) is 0 Å². The van der Waals surface area contributed by atoms with Gasteiger partial charge in [0.1, 0.15) is 0 Å². The Morgan fingerprint density at radius 2 is 1.06 bits per heavy atom. The molecule has 0 atom stereocenters. The van der Waals surface area contributed by atoms with Gasteiger partial charge in [0.2, 0.25) is 0 Å². The molecule has 0 unspecified atom stereocenters. The zero-order valence-electron chi connectivity index (χ0n) is 19.4. The summed E-state index contributed by atoms with van der Waals surface area (Å²) in [7, 11) is 0. The molecule has 31 heavy (non-hydrogen) atoms. The van der Waals surface area contributed by atoms with E-state index in [9.17, 15) is 0 Å². The third-order valence-corrected chi connectivity index (χ3v) is 9.26. The van der Waals surface area contributed by atoms with Crippen LogP contribution >= 0.6 is 0 Å². The van der Waals surface area contributed by atoms with E-state index in [1.165, 1.54) is 103 Å². The first-order chi connectivity index (χ1) is 15.4. The van der Waals surface area contributed by atoms with E-state index in [0.717, 1.165) is 17.8 Å². The van der Waals surface area contributed by atoms with Gasteiger partial charge in [-0.05, 0) is 102 Å². The van der Waals surface area contributed by atoms with E-state index in [0.29, 0.717) is 0 Å². The second-order valence-electron chi connectivity index (χ2n) is 11.2. The Hall–Kier alpha value is -1.56. The van der Waals surface area contributed by atoms with Gasteiger partial charge in [-0.2, -0.15) is 0 Å². The monoisotopic (exact) mass is 412 g/mol. The van der Waals surface area contributed by atoms with Gasteiger partial charge in [-0.1, -0.05) is 88.1 Å². The van der Waals surface area contributed by atoms with Crippen LogP contribution in [0.1, 0.15) is 142 Å². The van der Waals surface area contributed by atoms with Crippen molar-refractivity contribution in [2.45, 2.75) is 120 Å². The summed E-state index contributed by atoms with van der Waals surface area (Å²) < 4.78 is 0. The minimum absolute atomic E-state index is 0.801. The number of rotatable bonds is 3. The average molecular weight is 413 g/mol. The Labute approximate surface area is 189 Å². The molecule has 0 aromatic heterocycles. The largest absolute Gasteiger partial charge is 0.0584 e. The molecule has 0 bridgehead atoms. The topological polar surface area (TPSA) is 0 Å². The lowest BCUT2D eigenvalue weighted by Gasteiger charge is -2.28. The normalized spacial score (nSPS) is 23.0. The minimum atomic E-state index is 0.801. The van der Waals surface area contributed by atoms with Gasteiger partial charge in [-0.15, -0.1) is 0 Å². The van der Waals surface area contributed by atoms with Crippen molar-refractivity contribution in [1.82, 2.24) is 0 Å². The number of fused-ring (bicyclic) bond motifs is 3. The minimum Gasteiger partial charge on any atom is -0.0584 e. The van der Waals surface area contributed by atoms with Gasteiger partial charge in [0.05, 0.1) is 0 Å². The van der Waals surface area contributed by atoms with Crippen molar-refractivity contribution in [2.75, 3.05) is 0 Å². The maximum Gasteiger partial charge on any atom is -0.00132 e. The highest BCUT2D eigenvalue weighted by Crippen LogP contribution is 2.48. The van der Waals surface area contributed by atoms with E-state index < -0.39 is 0 Å².